The molecular formula is C18H22O4. The van der Waals surface area contributed by atoms with E-state index in [2.05, 4.69) is 0 Å². The first-order valence-corrected chi connectivity index (χ1v) is 7.92. The van der Waals surface area contributed by atoms with E-state index in [0.29, 0.717) is 12.4 Å². The van der Waals surface area contributed by atoms with Crippen LogP contribution in [0.25, 0.3) is 11.0 Å². The molecule has 0 amide bonds. The molecule has 0 fully saturated rings. The van der Waals surface area contributed by atoms with Gasteiger partial charge in [0, 0.05) is 23.4 Å². The largest absolute Gasteiger partial charge is 0.476 e. The Bertz CT molecular complexity index is 696. The maximum atomic E-state index is 11.9. The Morgan fingerprint density at radius 3 is 2.82 bits per heavy atom. The molecule has 1 aromatic carbocycles. The molecule has 1 aliphatic carbocycles. The summed E-state index contributed by atoms with van der Waals surface area (Å²) in [6.07, 6.45) is 4.49. The number of hydrogen-bond donors (Lipinski definition) is 0. The molecule has 2 aromatic rings. The molecule has 0 spiro atoms. The third-order valence-electron chi connectivity index (χ3n) is 4.07. The molecule has 0 radical (unpaired) electrons. The number of esters is 1. The van der Waals surface area contributed by atoms with Gasteiger partial charge in [0.25, 0.3) is 0 Å². The van der Waals surface area contributed by atoms with E-state index in [-0.39, 0.29) is 5.97 Å². The number of furan rings is 1. The Morgan fingerprint density at radius 2 is 2.05 bits per heavy atom. The Labute approximate surface area is 130 Å². The van der Waals surface area contributed by atoms with Crippen molar-refractivity contribution in [3.05, 3.63) is 29.5 Å². The van der Waals surface area contributed by atoms with E-state index in [4.69, 9.17) is 13.9 Å². The first kappa shape index (κ1) is 14.9. The Balaban J connectivity index is 1.88. The Morgan fingerprint density at radius 1 is 1.27 bits per heavy atom. The molecule has 0 bridgehead atoms. The smallest absolute Gasteiger partial charge is 0.349 e. The zero-order valence-corrected chi connectivity index (χ0v) is 13.4. The van der Waals surface area contributed by atoms with Crippen molar-refractivity contribution in [2.24, 2.45) is 0 Å². The molecule has 1 heterocycles. The van der Waals surface area contributed by atoms with Crippen LogP contribution in [0.1, 0.15) is 44.9 Å². The Kier molecular flexibility index (Phi) is 3.85. The van der Waals surface area contributed by atoms with Crippen molar-refractivity contribution in [3.63, 3.8) is 0 Å². The lowest BCUT2D eigenvalue weighted by atomic mass is 9.96. The van der Waals surface area contributed by atoms with Gasteiger partial charge in [-0.3, -0.25) is 0 Å². The van der Waals surface area contributed by atoms with Crippen molar-refractivity contribution >= 4 is 16.9 Å². The van der Waals surface area contributed by atoms with Crippen LogP contribution in [-0.2, 0) is 22.4 Å². The third kappa shape index (κ3) is 2.70. The van der Waals surface area contributed by atoms with Crippen LogP contribution in [-0.4, -0.2) is 18.2 Å². The van der Waals surface area contributed by atoms with Crippen molar-refractivity contribution in [3.8, 4) is 5.75 Å². The topological polar surface area (TPSA) is 48.7 Å². The minimum Gasteiger partial charge on any atom is -0.476 e. The molecule has 0 saturated carbocycles. The van der Waals surface area contributed by atoms with Crippen molar-refractivity contribution in [2.45, 2.75) is 52.1 Å². The predicted molar refractivity (Wildman–Crippen MR) is 84.2 cm³/mol. The fraction of sp³-hybridized carbons (Fsp3) is 0.500. The zero-order chi connectivity index (χ0) is 15.7. The highest BCUT2D eigenvalue weighted by Crippen LogP contribution is 2.34. The molecular weight excluding hydrogens is 280 g/mol. The lowest BCUT2D eigenvalue weighted by Crippen LogP contribution is -2.39. The third-order valence-corrected chi connectivity index (χ3v) is 4.07. The predicted octanol–water partition coefficient (Wildman–Crippen LogP) is 4.03. The quantitative estimate of drug-likeness (QED) is 0.800. The van der Waals surface area contributed by atoms with Crippen LogP contribution in [0, 0.1) is 0 Å². The van der Waals surface area contributed by atoms with E-state index in [9.17, 15) is 4.79 Å². The van der Waals surface area contributed by atoms with Gasteiger partial charge in [0.15, 0.2) is 5.60 Å². The van der Waals surface area contributed by atoms with Crippen LogP contribution in [0.2, 0.25) is 0 Å². The molecule has 0 atom stereocenters. The van der Waals surface area contributed by atoms with E-state index in [0.717, 1.165) is 29.6 Å². The van der Waals surface area contributed by atoms with Gasteiger partial charge in [0.1, 0.15) is 17.1 Å². The maximum absolute atomic E-state index is 11.9. The average molecular weight is 302 g/mol. The lowest BCUT2D eigenvalue weighted by Gasteiger charge is -2.23. The highest BCUT2D eigenvalue weighted by Gasteiger charge is 2.32. The van der Waals surface area contributed by atoms with Gasteiger partial charge < -0.3 is 13.9 Å². The van der Waals surface area contributed by atoms with Crippen molar-refractivity contribution in [2.75, 3.05) is 6.61 Å². The van der Waals surface area contributed by atoms with Gasteiger partial charge in [-0.25, -0.2) is 4.79 Å². The molecule has 1 aromatic heterocycles. The molecule has 0 N–H and O–H groups in total. The fourth-order valence-electron chi connectivity index (χ4n) is 2.95. The summed E-state index contributed by atoms with van der Waals surface area (Å²) < 4.78 is 16.8. The van der Waals surface area contributed by atoms with Crippen LogP contribution < -0.4 is 4.74 Å². The number of ether oxygens (including phenoxy) is 2. The molecule has 22 heavy (non-hydrogen) atoms. The summed E-state index contributed by atoms with van der Waals surface area (Å²) in [5.74, 6) is 1.36. The highest BCUT2D eigenvalue weighted by atomic mass is 16.6. The summed E-state index contributed by atoms with van der Waals surface area (Å²) in [6.45, 7) is 5.55. The summed E-state index contributed by atoms with van der Waals surface area (Å²) >= 11 is 0. The first-order valence-electron chi connectivity index (χ1n) is 7.92. The van der Waals surface area contributed by atoms with Crippen LogP contribution >= 0.6 is 0 Å². The summed E-state index contributed by atoms with van der Waals surface area (Å²) in [6, 6.07) is 5.79. The molecule has 4 heteroatoms. The van der Waals surface area contributed by atoms with Gasteiger partial charge in [-0.1, -0.05) is 0 Å². The molecule has 1 aliphatic rings. The van der Waals surface area contributed by atoms with Crippen LogP contribution in [0.4, 0.5) is 0 Å². The molecule has 0 unspecified atom stereocenters. The summed E-state index contributed by atoms with van der Waals surface area (Å²) in [7, 11) is 0. The van der Waals surface area contributed by atoms with E-state index in [1.54, 1.807) is 20.8 Å². The SMILES string of the molecule is CCOC(=O)C(C)(C)Oc1ccc2c3c(oc2c1)CCCC3. The van der Waals surface area contributed by atoms with Crippen LogP contribution in [0.15, 0.2) is 22.6 Å². The molecule has 4 nitrogen and oxygen atoms in total. The molecule has 0 saturated heterocycles. The highest BCUT2D eigenvalue weighted by molar-refractivity contribution is 5.84. The Hall–Kier alpha value is -1.97. The maximum Gasteiger partial charge on any atom is 0.349 e. The van der Waals surface area contributed by atoms with Crippen molar-refractivity contribution < 1.29 is 18.7 Å². The number of aryl methyl sites for hydroxylation is 2. The summed E-state index contributed by atoms with van der Waals surface area (Å²) in [5, 5.41) is 1.16. The minimum absolute atomic E-state index is 0.343. The van der Waals surface area contributed by atoms with E-state index in [1.165, 1.54) is 18.4 Å². The number of rotatable bonds is 4. The lowest BCUT2D eigenvalue weighted by molar-refractivity contribution is -0.158. The van der Waals surface area contributed by atoms with Crippen molar-refractivity contribution in [1.29, 1.82) is 0 Å². The second kappa shape index (κ2) is 5.67. The average Bonchev–Trinajstić information content (AvgIpc) is 2.84. The molecule has 118 valence electrons. The van der Waals surface area contributed by atoms with E-state index in [1.807, 2.05) is 18.2 Å². The normalized spacial score (nSPS) is 14.7. The second-order valence-corrected chi connectivity index (χ2v) is 6.20. The second-order valence-electron chi connectivity index (χ2n) is 6.20. The molecule has 0 aliphatic heterocycles. The first-order chi connectivity index (χ1) is 10.5. The standard InChI is InChI=1S/C18H22O4/c1-4-20-17(19)18(2,3)22-12-9-10-14-13-7-5-6-8-15(13)21-16(14)11-12/h9-11H,4-8H2,1-3H3. The van der Waals surface area contributed by atoms with Gasteiger partial charge in [0.05, 0.1) is 6.61 Å². The number of carbonyl (C=O) groups excluding carboxylic acids is 1. The van der Waals surface area contributed by atoms with E-state index >= 15 is 0 Å². The minimum atomic E-state index is -1.02. The fourth-order valence-corrected chi connectivity index (χ4v) is 2.95. The van der Waals surface area contributed by atoms with Crippen LogP contribution in [0.5, 0.6) is 5.75 Å². The number of fused-ring (bicyclic) bond motifs is 3. The number of carbonyl (C=O) groups is 1. The molecule has 3 rings (SSSR count). The summed E-state index contributed by atoms with van der Waals surface area (Å²) in [5.41, 5.74) is 1.15. The number of benzene rings is 1. The van der Waals surface area contributed by atoms with Gasteiger partial charge in [-0.05, 0) is 52.2 Å². The van der Waals surface area contributed by atoms with Gasteiger partial charge in [-0.2, -0.15) is 0 Å². The van der Waals surface area contributed by atoms with Gasteiger partial charge in [-0.15, -0.1) is 0 Å². The van der Waals surface area contributed by atoms with Crippen LogP contribution in [0.3, 0.4) is 0 Å². The zero-order valence-electron chi connectivity index (χ0n) is 13.4. The van der Waals surface area contributed by atoms with Gasteiger partial charge in [0.2, 0.25) is 0 Å². The van der Waals surface area contributed by atoms with Gasteiger partial charge >= 0.3 is 5.97 Å². The van der Waals surface area contributed by atoms with E-state index < -0.39 is 5.60 Å². The number of hydrogen-bond acceptors (Lipinski definition) is 4. The summed E-state index contributed by atoms with van der Waals surface area (Å²) in [4.78, 5) is 11.9. The van der Waals surface area contributed by atoms with Crippen molar-refractivity contribution in [1.82, 2.24) is 0 Å². The monoisotopic (exact) mass is 302 g/mol.